The molecule has 0 unspecified atom stereocenters. The maximum atomic E-state index is 12.8. The maximum Gasteiger partial charge on any atom is 0.254 e. The van der Waals surface area contributed by atoms with Gasteiger partial charge in [0.25, 0.3) is 11.8 Å². The Bertz CT molecular complexity index is 775. The van der Waals surface area contributed by atoms with Crippen molar-refractivity contribution in [3.8, 4) is 0 Å². The van der Waals surface area contributed by atoms with Crippen molar-refractivity contribution >= 4 is 23.7 Å². The van der Waals surface area contributed by atoms with Gasteiger partial charge in [-0.2, -0.15) is 10.1 Å². The predicted octanol–water partition coefficient (Wildman–Crippen LogP) is 2.14. The van der Waals surface area contributed by atoms with Crippen LogP contribution in [0.2, 0.25) is 0 Å². The van der Waals surface area contributed by atoms with Gasteiger partial charge in [0.05, 0.1) is 18.1 Å². The van der Waals surface area contributed by atoms with Gasteiger partial charge in [0, 0.05) is 19.8 Å². The molecule has 0 spiro atoms. The van der Waals surface area contributed by atoms with E-state index in [-0.39, 0.29) is 35.5 Å². The van der Waals surface area contributed by atoms with Crippen LogP contribution in [-0.4, -0.2) is 37.1 Å². The van der Waals surface area contributed by atoms with Crippen molar-refractivity contribution in [2.75, 3.05) is 19.0 Å². The molecule has 5 aliphatic rings. The lowest BCUT2D eigenvalue weighted by molar-refractivity contribution is -0.140. The van der Waals surface area contributed by atoms with E-state index in [1.807, 2.05) is 43.3 Å². The third kappa shape index (κ3) is 2.04. The van der Waals surface area contributed by atoms with E-state index >= 15 is 0 Å². The normalized spacial score (nSPS) is 37.6. The van der Waals surface area contributed by atoms with Crippen LogP contribution in [0.5, 0.6) is 0 Å². The second-order valence-corrected chi connectivity index (χ2v) is 7.87. The molecule has 1 aromatic rings. The lowest BCUT2D eigenvalue weighted by atomic mass is 9.63. The van der Waals surface area contributed by atoms with Gasteiger partial charge in [-0.15, -0.1) is 0 Å². The zero-order valence-corrected chi connectivity index (χ0v) is 14.4. The van der Waals surface area contributed by atoms with Crippen LogP contribution in [0.15, 0.2) is 41.5 Å². The largest absolute Gasteiger partial charge is 0.378 e. The predicted molar refractivity (Wildman–Crippen MR) is 94.9 cm³/mol. The van der Waals surface area contributed by atoms with Gasteiger partial charge in [0.2, 0.25) is 0 Å². The topological polar surface area (TPSA) is 53.0 Å². The first-order valence-corrected chi connectivity index (χ1v) is 8.94. The first-order valence-electron chi connectivity index (χ1n) is 8.94. The number of carbonyl (C=O) groups excluding carboxylic acids is 2. The van der Waals surface area contributed by atoms with E-state index in [1.54, 1.807) is 6.21 Å². The molecule has 4 aliphatic carbocycles. The van der Waals surface area contributed by atoms with Gasteiger partial charge >= 0.3 is 0 Å². The molecule has 25 heavy (non-hydrogen) atoms. The van der Waals surface area contributed by atoms with Gasteiger partial charge in [-0.25, -0.2) is 0 Å². The van der Waals surface area contributed by atoms with Crippen molar-refractivity contribution in [1.82, 2.24) is 5.01 Å². The molecule has 2 bridgehead atoms. The van der Waals surface area contributed by atoms with Crippen molar-refractivity contribution in [3.05, 3.63) is 42.0 Å². The number of carbonyl (C=O) groups is 2. The van der Waals surface area contributed by atoms with Crippen molar-refractivity contribution in [1.29, 1.82) is 0 Å². The molecule has 1 aromatic carbocycles. The summed E-state index contributed by atoms with van der Waals surface area (Å²) in [5.41, 5.74) is 1.98. The Labute approximate surface area is 147 Å². The molecule has 6 atom stereocenters. The minimum atomic E-state index is -0.181. The molecule has 6 rings (SSSR count). The highest BCUT2D eigenvalue weighted by Crippen LogP contribution is 2.65. The Balaban J connectivity index is 1.39. The number of amides is 2. The second-order valence-electron chi connectivity index (χ2n) is 7.87. The summed E-state index contributed by atoms with van der Waals surface area (Å²) in [7, 11) is 3.97. The quantitative estimate of drug-likeness (QED) is 0.483. The molecule has 0 radical (unpaired) electrons. The Morgan fingerprint density at radius 1 is 1.00 bits per heavy atom. The van der Waals surface area contributed by atoms with Gasteiger partial charge in [-0.1, -0.05) is 24.3 Å². The van der Waals surface area contributed by atoms with Crippen LogP contribution in [0.25, 0.3) is 0 Å². The van der Waals surface area contributed by atoms with E-state index in [0.717, 1.165) is 16.3 Å². The average Bonchev–Trinajstić information content (AvgIpc) is 3.39. The summed E-state index contributed by atoms with van der Waals surface area (Å²) in [6.45, 7) is 0. The standard InChI is InChI=1S/C20H21N3O2/c1-22(2)12-5-3-11(4-6-12)10-21-23-19(24)17-13-7-8-14(16-9-15(13)16)18(17)20(23)25/h3-8,10,13-18H,9H2,1-2H3/t13-,14-,15-,16-,17-,18+/m0/s1. The van der Waals surface area contributed by atoms with E-state index in [1.165, 1.54) is 6.42 Å². The van der Waals surface area contributed by atoms with E-state index in [9.17, 15) is 9.59 Å². The van der Waals surface area contributed by atoms with Gasteiger partial charge in [0.1, 0.15) is 0 Å². The van der Waals surface area contributed by atoms with Crippen LogP contribution in [0.3, 0.4) is 0 Å². The van der Waals surface area contributed by atoms with E-state index < -0.39 is 0 Å². The number of hydrogen-bond acceptors (Lipinski definition) is 4. The summed E-state index contributed by atoms with van der Waals surface area (Å²) in [6, 6.07) is 7.87. The second kappa shape index (κ2) is 5.04. The van der Waals surface area contributed by atoms with Crippen LogP contribution in [0.4, 0.5) is 5.69 Å². The van der Waals surface area contributed by atoms with Gasteiger partial charge in [-0.05, 0) is 47.8 Å². The first kappa shape index (κ1) is 14.9. The minimum Gasteiger partial charge on any atom is -0.378 e. The number of hydrogen-bond donors (Lipinski definition) is 0. The van der Waals surface area contributed by atoms with E-state index in [0.29, 0.717) is 11.8 Å². The molecule has 5 heteroatoms. The minimum absolute atomic E-state index is 0.110. The summed E-state index contributed by atoms with van der Waals surface area (Å²) in [5.74, 6) is 1.15. The molecule has 1 aliphatic heterocycles. The van der Waals surface area contributed by atoms with Crippen LogP contribution in [-0.2, 0) is 9.59 Å². The zero-order valence-electron chi connectivity index (χ0n) is 14.4. The van der Waals surface area contributed by atoms with Crippen molar-refractivity contribution < 1.29 is 9.59 Å². The van der Waals surface area contributed by atoms with Crippen LogP contribution in [0.1, 0.15) is 12.0 Å². The lowest BCUT2D eigenvalue weighted by Crippen LogP contribution is -2.40. The first-order chi connectivity index (χ1) is 12.1. The average molecular weight is 335 g/mol. The molecule has 0 N–H and O–H groups in total. The van der Waals surface area contributed by atoms with Gasteiger partial charge in [0.15, 0.2) is 0 Å². The Kier molecular flexibility index (Phi) is 3.00. The lowest BCUT2D eigenvalue weighted by Gasteiger charge is -2.37. The highest BCUT2D eigenvalue weighted by molar-refractivity contribution is 6.06. The fourth-order valence-corrected chi connectivity index (χ4v) is 5.04. The highest BCUT2D eigenvalue weighted by Gasteiger charge is 2.67. The number of anilines is 1. The maximum absolute atomic E-state index is 12.8. The molecule has 1 saturated heterocycles. The molecule has 5 nitrogen and oxygen atoms in total. The fraction of sp³-hybridized carbons (Fsp3) is 0.450. The van der Waals surface area contributed by atoms with Crippen molar-refractivity contribution in [2.45, 2.75) is 6.42 Å². The Morgan fingerprint density at radius 2 is 1.56 bits per heavy atom. The SMILES string of the molecule is CN(C)c1ccc(C=NN2C(=O)[C@@H]3[C@H]4C=C[C@@H]([C@@H]5C[C@@H]45)[C@@H]3C2=O)cc1. The third-order valence-corrected chi connectivity index (χ3v) is 6.37. The molecule has 2 amide bonds. The van der Waals surface area contributed by atoms with Crippen molar-refractivity contribution in [3.63, 3.8) is 0 Å². The molecule has 0 aromatic heterocycles. The summed E-state index contributed by atoms with van der Waals surface area (Å²) >= 11 is 0. The molecule has 2 saturated carbocycles. The summed E-state index contributed by atoms with van der Waals surface area (Å²) < 4.78 is 0. The Morgan fingerprint density at radius 3 is 2.08 bits per heavy atom. The molecule has 128 valence electrons. The summed E-state index contributed by atoms with van der Waals surface area (Å²) in [4.78, 5) is 27.7. The molecule has 3 fully saturated rings. The number of hydrazone groups is 1. The fourth-order valence-electron chi connectivity index (χ4n) is 5.04. The van der Waals surface area contributed by atoms with Gasteiger partial charge < -0.3 is 4.90 Å². The van der Waals surface area contributed by atoms with E-state index in [4.69, 9.17) is 0 Å². The Hall–Kier alpha value is -2.43. The zero-order chi connectivity index (χ0) is 17.3. The highest BCUT2D eigenvalue weighted by atomic mass is 16.2. The van der Waals surface area contributed by atoms with Gasteiger partial charge in [-0.3, -0.25) is 9.59 Å². The molecule has 1 heterocycles. The van der Waals surface area contributed by atoms with Crippen LogP contribution in [0, 0.1) is 35.5 Å². The third-order valence-electron chi connectivity index (χ3n) is 6.37. The molecular formula is C20H21N3O2. The summed E-state index contributed by atoms with van der Waals surface area (Å²) in [5, 5.41) is 5.39. The summed E-state index contributed by atoms with van der Waals surface area (Å²) in [6.07, 6.45) is 7.15. The number of imide groups is 1. The number of benzene rings is 1. The number of allylic oxidation sites excluding steroid dienone is 2. The van der Waals surface area contributed by atoms with Crippen LogP contribution >= 0.6 is 0 Å². The molecular weight excluding hydrogens is 314 g/mol. The monoisotopic (exact) mass is 335 g/mol. The smallest absolute Gasteiger partial charge is 0.254 e. The number of nitrogens with zero attached hydrogens (tertiary/aromatic N) is 3. The van der Waals surface area contributed by atoms with Crippen molar-refractivity contribution in [2.24, 2.45) is 40.6 Å². The number of rotatable bonds is 3. The van der Waals surface area contributed by atoms with E-state index in [2.05, 4.69) is 17.3 Å². The van der Waals surface area contributed by atoms with Crippen LogP contribution < -0.4 is 4.90 Å².